The standard InChI is InChI=1S/C4H9N3O3S/c1-6-3-7(2-4(6)8)11(5,9)10/h2-3H2,1H3,(H2,5,9,10). The number of likely N-dealkylation sites (N-methyl/N-ethyl adjacent to an activating group) is 1. The fourth-order valence-electron chi connectivity index (χ4n) is 0.807. The zero-order valence-corrected chi connectivity index (χ0v) is 6.84. The van der Waals surface area contributed by atoms with E-state index in [0.717, 1.165) is 4.31 Å². The van der Waals surface area contributed by atoms with Crippen molar-refractivity contribution in [1.29, 1.82) is 0 Å². The van der Waals surface area contributed by atoms with Gasteiger partial charge in [-0.05, 0) is 0 Å². The number of hydrogen-bond acceptors (Lipinski definition) is 3. The predicted octanol–water partition coefficient (Wildman–Crippen LogP) is -2.08. The highest BCUT2D eigenvalue weighted by Crippen LogP contribution is 2.05. The third kappa shape index (κ3) is 1.67. The second kappa shape index (κ2) is 2.43. The highest BCUT2D eigenvalue weighted by atomic mass is 32.2. The monoisotopic (exact) mass is 179 g/mol. The fraction of sp³-hybridized carbons (Fsp3) is 0.750. The van der Waals surface area contributed by atoms with Gasteiger partial charge in [-0.3, -0.25) is 4.79 Å². The molecule has 0 saturated carbocycles. The van der Waals surface area contributed by atoms with Crippen molar-refractivity contribution in [1.82, 2.24) is 9.21 Å². The molecular weight excluding hydrogens is 170 g/mol. The van der Waals surface area contributed by atoms with Gasteiger partial charge in [0, 0.05) is 7.05 Å². The molecule has 0 aliphatic carbocycles. The first-order valence-corrected chi connectivity index (χ1v) is 4.43. The predicted molar refractivity (Wildman–Crippen MR) is 37.5 cm³/mol. The number of carbonyl (C=O) groups excluding carboxylic acids is 1. The SMILES string of the molecule is CN1CN(S(N)(=O)=O)CC1=O. The van der Waals surface area contributed by atoms with Crippen molar-refractivity contribution in [2.45, 2.75) is 0 Å². The van der Waals surface area contributed by atoms with Crippen LogP contribution in [0.3, 0.4) is 0 Å². The Morgan fingerprint density at radius 2 is 2.09 bits per heavy atom. The molecule has 0 bridgehead atoms. The first-order chi connectivity index (χ1) is 4.91. The smallest absolute Gasteiger partial charge is 0.278 e. The van der Waals surface area contributed by atoms with Gasteiger partial charge >= 0.3 is 0 Å². The summed E-state index contributed by atoms with van der Waals surface area (Å²) >= 11 is 0. The van der Waals surface area contributed by atoms with Crippen LogP contribution >= 0.6 is 0 Å². The molecular formula is C4H9N3O3S. The maximum absolute atomic E-state index is 10.8. The number of rotatable bonds is 1. The molecule has 6 nitrogen and oxygen atoms in total. The summed E-state index contributed by atoms with van der Waals surface area (Å²) < 4.78 is 22.2. The Morgan fingerprint density at radius 1 is 1.55 bits per heavy atom. The van der Waals surface area contributed by atoms with Gasteiger partial charge in [-0.1, -0.05) is 0 Å². The van der Waals surface area contributed by atoms with E-state index in [-0.39, 0.29) is 19.1 Å². The van der Waals surface area contributed by atoms with E-state index in [1.54, 1.807) is 0 Å². The molecule has 64 valence electrons. The zero-order chi connectivity index (χ0) is 8.65. The molecule has 1 heterocycles. The van der Waals surface area contributed by atoms with Crippen molar-refractivity contribution in [2.24, 2.45) is 5.14 Å². The van der Waals surface area contributed by atoms with Gasteiger partial charge in [0.05, 0.1) is 13.2 Å². The van der Waals surface area contributed by atoms with Gasteiger partial charge in [-0.25, -0.2) is 5.14 Å². The summed E-state index contributed by atoms with van der Waals surface area (Å²) in [6, 6.07) is 0. The van der Waals surface area contributed by atoms with Crippen LogP contribution < -0.4 is 5.14 Å². The number of nitrogens with zero attached hydrogens (tertiary/aromatic N) is 2. The van der Waals surface area contributed by atoms with Crippen LogP contribution in [0.4, 0.5) is 0 Å². The third-order valence-corrected chi connectivity index (χ3v) is 2.43. The van der Waals surface area contributed by atoms with E-state index in [0.29, 0.717) is 0 Å². The minimum atomic E-state index is -3.70. The average molecular weight is 179 g/mol. The number of carbonyl (C=O) groups is 1. The largest absolute Gasteiger partial charge is 0.331 e. The molecule has 1 saturated heterocycles. The molecule has 1 rings (SSSR count). The van der Waals surface area contributed by atoms with Gasteiger partial charge < -0.3 is 4.90 Å². The molecule has 0 unspecified atom stereocenters. The van der Waals surface area contributed by atoms with Gasteiger partial charge in [0.15, 0.2) is 0 Å². The molecule has 0 radical (unpaired) electrons. The van der Waals surface area contributed by atoms with Crippen LogP contribution in [0.2, 0.25) is 0 Å². The maximum atomic E-state index is 10.8. The number of amides is 1. The summed E-state index contributed by atoms with van der Waals surface area (Å²) in [5.41, 5.74) is 0. The summed E-state index contributed by atoms with van der Waals surface area (Å²) in [5.74, 6) is -0.237. The summed E-state index contributed by atoms with van der Waals surface area (Å²) in [6.45, 7) is -0.0903. The Labute approximate surface area is 64.7 Å². The summed E-state index contributed by atoms with van der Waals surface area (Å²) in [4.78, 5) is 12.1. The lowest BCUT2D eigenvalue weighted by Gasteiger charge is -2.10. The molecule has 1 fully saturated rings. The van der Waals surface area contributed by atoms with Crippen molar-refractivity contribution >= 4 is 16.1 Å². The van der Waals surface area contributed by atoms with Crippen molar-refractivity contribution in [2.75, 3.05) is 20.3 Å². The lowest BCUT2D eigenvalue weighted by Crippen LogP contribution is -2.35. The summed E-state index contributed by atoms with van der Waals surface area (Å²) in [7, 11) is -2.18. The molecule has 0 spiro atoms. The van der Waals surface area contributed by atoms with Crippen molar-refractivity contribution < 1.29 is 13.2 Å². The molecule has 2 N–H and O–H groups in total. The molecule has 1 amide bonds. The van der Waals surface area contributed by atoms with Crippen LogP contribution in [0.1, 0.15) is 0 Å². The Balaban J connectivity index is 2.77. The minimum absolute atomic E-state index is 0.0532. The average Bonchev–Trinajstić information content (AvgIpc) is 2.11. The topological polar surface area (TPSA) is 83.7 Å². The van der Waals surface area contributed by atoms with Gasteiger partial charge in [0.1, 0.15) is 0 Å². The van der Waals surface area contributed by atoms with Crippen molar-refractivity contribution in [3.05, 3.63) is 0 Å². The summed E-state index contributed by atoms with van der Waals surface area (Å²) in [5, 5.41) is 4.78. The van der Waals surface area contributed by atoms with Crippen molar-refractivity contribution in [3.8, 4) is 0 Å². The zero-order valence-electron chi connectivity index (χ0n) is 6.02. The van der Waals surface area contributed by atoms with Crippen LogP contribution in [0, 0.1) is 0 Å². The molecule has 0 aromatic rings. The Morgan fingerprint density at radius 3 is 2.27 bits per heavy atom. The van der Waals surface area contributed by atoms with Crippen LogP contribution in [0.5, 0.6) is 0 Å². The molecule has 11 heavy (non-hydrogen) atoms. The minimum Gasteiger partial charge on any atom is -0.331 e. The summed E-state index contributed by atoms with van der Waals surface area (Å²) in [6.07, 6.45) is 0. The van der Waals surface area contributed by atoms with Gasteiger partial charge in [0.25, 0.3) is 10.2 Å². The van der Waals surface area contributed by atoms with Crippen LogP contribution in [-0.4, -0.2) is 43.8 Å². The van der Waals surface area contributed by atoms with E-state index in [1.807, 2.05) is 0 Å². The highest BCUT2D eigenvalue weighted by Gasteiger charge is 2.30. The van der Waals surface area contributed by atoms with E-state index in [9.17, 15) is 13.2 Å². The second-order valence-electron chi connectivity index (χ2n) is 2.39. The van der Waals surface area contributed by atoms with Gasteiger partial charge in [-0.2, -0.15) is 12.7 Å². The van der Waals surface area contributed by atoms with E-state index >= 15 is 0 Å². The lowest BCUT2D eigenvalue weighted by molar-refractivity contribution is -0.125. The van der Waals surface area contributed by atoms with E-state index < -0.39 is 10.2 Å². The Hall–Kier alpha value is -0.660. The van der Waals surface area contributed by atoms with Crippen LogP contribution in [0.15, 0.2) is 0 Å². The first-order valence-electron chi connectivity index (χ1n) is 2.93. The van der Waals surface area contributed by atoms with E-state index in [1.165, 1.54) is 11.9 Å². The second-order valence-corrected chi connectivity index (χ2v) is 3.93. The number of nitrogens with two attached hydrogens (primary N) is 1. The maximum Gasteiger partial charge on any atom is 0.278 e. The number of hydrogen-bond donors (Lipinski definition) is 1. The molecule has 0 aromatic carbocycles. The van der Waals surface area contributed by atoms with E-state index in [2.05, 4.69) is 0 Å². The van der Waals surface area contributed by atoms with Crippen LogP contribution in [0.25, 0.3) is 0 Å². The fourth-order valence-corrected chi connectivity index (χ4v) is 1.43. The molecule has 1 aliphatic heterocycles. The highest BCUT2D eigenvalue weighted by molar-refractivity contribution is 7.86. The molecule has 0 atom stereocenters. The van der Waals surface area contributed by atoms with Gasteiger partial charge in [-0.15, -0.1) is 0 Å². The Kier molecular flexibility index (Phi) is 1.87. The normalized spacial score (nSPS) is 21.3. The van der Waals surface area contributed by atoms with Crippen LogP contribution in [-0.2, 0) is 15.0 Å². The van der Waals surface area contributed by atoms with Crippen molar-refractivity contribution in [3.63, 3.8) is 0 Å². The third-order valence-electron chi connectivity index (χ3n) is 1.47. The van der Waals surface area contributed by atoms with Gasteiger partial charge in [0.2, 0.25) is 5.91 Å². The van der Waals surface area contributed by atoms with E-state index in [4.69, 9.17) is 5.14 Å². The first kappa shape index (κ1) is 8.44. The molecule has 1 aliphatic rings. The Bertz CT molecular complexity index is 272. The lowest BCUT2D eigenvalue weighted by atomic mass is 10.6. The molecule has 0 aromatic heterocycles. The molecule has 7 heteroatoms. The quantitative estimate of drug-likeness (QED) is 0.501.